The number of carbonyl (C=O) groups excluding carboxylic acids is 2. The number of amides is 2. The van der Waals surface area contributed by atoms with Crippen LogP contribution < -0.4 is 16.4 Å². The van der Waals surface area contributed by atoms with E-state index in [-0.39, 0.29) is 25.7 Å². The monoisotopic (exact) mass is 425 g/mol. The molecule has 0 spiro atoms. The molecule has 0 saturated heterocycles. The lowest BCUT2D eigenvalue weighted by atomic mass is 10.0. The average Bonchev–Trinajstić information content (AvgIpc) is 2.69. The summed E-state index contributed by atoms with van der Waals surface area (Å²) in [6.07, 6.45) is 1.88. The first-order valence-corrected chi connectivity index (χ1v) is 10.5. The van der Waals surface area contributed by atoms with E-state index in [4.69, 9.17) is 10.8 Å². The molecule has 6 N–H and O–H groups in total. The van der Waals surface area contributed by atoms with E-state index in [1.807, 2.05) is 6.26 Å². The van der Waals surface area contributed by atoms with Crippen LogP contribution in [0, 0.1) is 0 Å². The van der Waals surface area contributed by atoms with Crippen LogP contribution >= 0.6 is 11.8 Å². The summed E-state index contributed by atoms with van der Waals surface area (Å²) in [5.41, 5.74) is 6.44. The van der Waals surface area contributed by atoms with Gasteiger partial charge in [-0.2, -0.15) is 11.8 Å². The van der Waals surface area contributed by atoms with Crippen LogP contribution in [0.2, 0.25) is 0 Å². The van der Waals surface area contributed by atoms with Gasteiger partial charge < -0.3 is 26.6 Å². The Balaban J connectivity index is 2.78. The molecule has 0 aromatic heterocycles. The Bertz CT molecular complexity index is 700. The van der Waals surface area contributed by atoms with Gasteiger partial charge in [-0.05, 0) is 30.4 Å². The molecule has 0 radical (unpaired) electrons. The van der Waals surface area contributed by atoms with Crippen LogP contribution in [0.3, 0.4) is 0 Å². The first-order chi connectivity index (χ1) is 13.7. The number of hydrogen-bond donors (Lipinski definition) is 5. The maximum atomic E-state index is 12.6. The molecule has 0 aliphatic rings. The highest BCUT2D eigenvalue weighted by Crippen LogP contribution is 2.07. The third kappa shape index (κ3) is 9.44. The lowest BCUT2D eigenvalue weighted by Gasteiger charge is -2.22. The van der Waals surface area contributed by atoms with Crippen molar-refractivity contribution < 1.29 is 29.4 Å². The summed E-state index contributed by atoms with van der Waals surface area (Å²) in [5.74, 6) is -2.98. The first-order valence-electron chi connectivity index (χ1n) is 9.08. The van der Waals surface area contributed by atoms with E-state index in [1.165, 1.54) is 11.8 Å². The van der Waals surface area contributed by atoms with Crippen LogP contribution in [-0.4, -0.2) is 64.1 Å². The first kappa shape index (κ1) is 24.4. The van der Waals surface area contributed by atoms with E-state index in [0.29, 0.717) is 5.75 Å². The van der Waals surface area contributed by atoms with Crippen molar-refractivity contribution in [1.82, 2.24) is 10.6 Å². The highest BCUT2D eigenvalue weighted by molar-refractivity contribution is 7.98. The summed E-state index contributed by atoms with van der Waals surface area (Å²) in [5, 5.41) is 23.1. The fourth-order valence-electron chi connectivity index (χ4n) is 2.52. The molecule has 10 heteroatoms. The molecule has 0 heterocycles. The summed E-state index contributed by atoms with van der Waals surface area (Å²) in [7, 11) is 0. The summed E-state index contributed by atoms with van der Waals surface area (Å²) >= 11 is 1.47. The molecule has 9 nitrogen and oxygen atoms in total. The van der Waals surface area contributed by atoms with Gasteiger partial charge >= 0.3 is 11.9 Å². The predicted molar refractivity (Wildman–Crippen MR) is 109 cm³/mol. The average molecular weight is 426 g/mol. The van der Waals surface area contributed by atoms with Gasteiger partial charge in [0.2, 0.25) is 11.8 Å². The Labute approximate surface area is 173 Å². The number of rotatable bonds is 13. The number of benzene rings is 1. The molecular weight excluding hydrogens is 398 g/mol. The Morgan fingerprint density at radius 2 is 1.62 bits per heavy atom. The van der Waals surface area contributed by atoms with Crippen LogP contribution in [0.5, 0.6) is 0 Å². The number of carbonyl (C=O) groups is 4. The van der Waals surface area contributed by atoms with Gasteiger partial charge in [-0.15, -0.1) is 0 Å². The molecule has 0 saturated carbocycles. The fourth-order valence-corrected chi connectivity index (χ4v) is 2.99. The lowest BCUT2D eigenvalue weighted by Crippen LogP contribution is -2.55. The molecule has 0 unspecified atom stereocenters. The van der Waals surface area contributed by atoms with E-state index in [0.717, 1.165) is 5.56 Å². The van der Waals surface area contributed by atoms with Crippen molar-refractivity contribution in [3.63, 3.8) is 0 Å². The zero-order chi connectivity index (χ0) is 21.8. The molecule has 0 fully saturated rings. The Kier molecular flexibility index (Phi) is 10.8. The molecule has 2 amide bonds. The Hall–Kier alpha value is -2.59. The zero-order valence-electron chi connectivity index (χ0n) is 16.2. The summed E-state index contributed by atoms with van der Waals surface area (Å²) in [6, 6.07) is 5.68. The van der Waals surface area contributed by atoms with E-state index < -0.39 is 41.9 Å². The van der Waals surface area contributed by atoms with Crippen molar-refractivity contribution in [2.75, 3.05) is 12.0 Å². The minimum Gasteiger partial charge on any atom is -0.481 e. The minimum atomic E-state index is -1.18. The van der Waals surface area contributed by atoms with Gasteiger partial charge in [0.25, 0.3) is 0 Å². The molecule has 29 heavy (non-hydrogen) atoms. The number of aliphatic carboxylic acids is 2. The minimum absolute atomic E-state index is 0.0657. The Morgan fingerprint density at radius 3 is 2.17 bits per heavy atom. The molecular formula is C19H27N3O6S. The van der Waals surface area contributed by atoms with Crippen LogP contribution in [-0.2, 0) is 25.6 Å². The maximum Gasteiger partial charge on any atom is 0.326 e. The second-order valence-electron chi connectivity index (χ2n) is 6.47. The van der Waals surface area contributed by atoms with Crippen LogP contribution in [0.15, 0.2) is 30.3 Å². The van der Waals surface area contributed by atoms with Crippen molar-refractivity contribution in [2.24, 2.45) is 5.73 Å². The van der Waals surface area contributed by atoms with Gasteiger partial charge in [0.1, 0.15) is 12.1 Å². The highest BCUT2D eigenvalue weighted by atomic mass is 32.2. The molecule has 3 atom stereocenters. The number of nitrogens with one attached hydrogen (secondary N) is 2. The van der Waals surface area contributed by atoms with Crippen LogP contribution in [0.1, 0.15) is 24.8 Å². The van der Waals surface area contributed by atoms with Crippen molar-refractivity contribution in [2.45, 2.75) is 43.8 Å². The van der Waals surface area contributed by atoms with E-state index in [2.05, 4.69) is 10.6 Å². The number of hydrogen-bond acceptors (Lipinski definition) is 6. The van der Waals surface area contributed by atoms with Crippen LogP contribution in [0.4, 0.5) is 0 Å². The van der Waals surface area contributed by atoms with E-state index in [1.54, 1.807) is 30.3 Å². The molecule has 1 aromatic rings. The maximum absolute atomic E-state index is 12.6. The number of thioether (sulfide) groups is 1. The number of nitrogens with two attached hydrogens (primary N) is 1. The largest absolute Gasteiger partial charge is 0.481 e. The molecule has 0 aliphatic carbocycles. The molecule has 0 bridgehead atoms. The van der Waals surface area contributed by atoms with Gasteiger partial charge in [0.15, 0.2) is 0 Å². The lowest BCUT2D eigenvalue weighted by molar-refractivity contribution is -0.142. The van der Waals surface area contributed by atoms with Crippen molar-refractivity contribution in [3.05, 3.63) is 35.9 Å². The molecule has 1 rings (SSSR count). The van der Waals surface area contributed by atoms with E-state index in [9.17, 15) is 24.3 Å². The van der Waals surface area contributed by atoms with Gasteiger partial charge in [-0.25, -0.2) is 4.79 Å². The fraction of sp³-hybridized carbons (Fsp3) is 0.474. The third-order valence-electron chi connectivity index (χ3n) is 4.15. The quantitative estimate of drug-likeness (QED) is 0.300. The summed E-state index contributed by atoms with van der Waals surface area (Å²) in [4.78, 5) is 47.1. The van der Waals surface area contributed by atoms with Crippen molar-refractivity contribution in [3.8, 4) is 0 Å². The zero-order valence-corrected chi connectivity index (χ0v) is 17.0. The highest BCUT2D eigenvalue weighted by Gasteiger charge is 2.28. The van der Waals surface area contributed by atoms with Gasteiger partial charge in [0.05, 0.1) is 6.04 Å². The summed E-state index contributed by atoms with van der Waals surface area (Å²) < 4.78 is 0. The van der Waals surface area contributed by atoms with Crippen molar-refractivity contribution in [1.29, 1.82) is 0 Å². The second-order valence-corrected chi connectivity index (χ2v) is 7.46. The second kappa shape index (κ2) is 12.8. The number of carboxylic acids is 2. The van der Waals surface area contributed by atoms with E-state index >= 15 is 0 Å². The normalized spacial score (nSPS) is 13.7. The Morgan fingerprint density at radius 1 is 1.00 bits per heavy atom. The topological polar surface area (TPSA) is 159 Å². The SMILES string of the molecule is CSCC[C@H](NC(=O)[C@@H](N)CCC(=O)O)C(=O)N[C@@H](Cc1ccccc1)C(=O)O. The van der Waals surface area contributed by atoms with Gasteiger partial charge in [-0.1, -0.05) is 30.3 Å². The smallest absolute Gasteiger partial charge is 0.326 e. The van der Waals surface area contributed by atoms with Gasteiger partial charge in [-0.3, -0.25) is 14.4 Å². The standard InChI is InChI=1S/C19H27N3O6S/c1-29-10-9-14(21-17(25)13(20)7-8-16(23)24)18(26)22-15(19(27)28)11-12-5-3-2-4-6-12/h2-6,13-15H,7-11,20H2,1H3,(H,21,25)(H,22,26)(H,23,24)(H,27,28)/t13-,14-,15-/m0/s1. The molecule has 160 valence electrons. The summed E-state index contributed by atoms with van der Waals surface area (Å²) in [6.45, 7) is 0. The number of carboxylic acid groups (broad SMARTS) is 2. The third-order valence-corrected chi connectivity index (χ3v) is 4.79. The molecule has 0 aliphatic heterocycles. The predicted octanol–water partition coefficient (Wildman–Crippen LogP) is 0.229. The van der Waals surface area contributed by atoms with Crippen LogP contribution in [0.25, 0.3) is 0 Å². The van der Waals surface area contributed by atoms with Gasteiger partial charge in [0, 0.05) is 12.8 Å². The van der Waals surface area contributed by atoms with Crippen molar-refractivity contribution >= 4 is 35.5 Å². The molecule has 1 aromatic carbocycles.